The van der Waals surface area contributed by atoms with E-state index in [2.05, 4.69) is 78.9 Å². The Morgan fingerprint density at radius 3 is 2.00 bits per heavy atom. The highest BCUT2D eigenvalue weighted by Crippen LogP contribution is 2.33. The Bertz CT molecular complexity index is 759. The maximum Gasteiger partial charge on any atom is 0.199 e. The van der Waals surface area contributed by atoms with E-state index in [1.165, 1.54) is 14.7 Å². The molecule has 0 spiro atoms. The van der Waals surface area contributed by atoms with Crippen LogP contribution in [0.2, 0.25) is 0 Å². The van der Waals surface area contributed by atoms with E-state index in [1.54, 1.807) is 0 Å². The van der Waals surface area contributed by atoms with E-state index in [0.29, 0.717) is 0 Å². The number of hydrogen-bond donors (Lipinski definition) is 0. The molecule has 3 heteroatoms. The molecule has 0 saturated carbocycles. The van der Waals surface area contributed by atoms with Crippen molar-refractivity contribution in [2.45, 2.75) is 33.8 Å². The van der Waals surface area contributed by atoms with Gasteiger partial charge in [0.15, 0.2) is 21.0 Å². The van der Waals surface area contributed by atoms with Crippen LogP contribution in [0.25, 0.3) is 0 Å². The zero-order valence-electron chi connectivity index (χ0n) is 14.0. The maximum atomic E-state index is 6.02. The van der Waals surface area contributed by atoms with Gasteiger partial charge >= 0.3 is 0 Å². The highest BCUT2D eigenvalue weighted by atomic mass is 32.2. The van der Waals surface area contributed by atoms with Crippen LogP contribution < -0.4 is 4.74 Å². The van der Waals surface area contributed by atoms with Gasteiger partial charge < -0.3 is 9.47 Å². The lowest BCUT2D eigenvalue weighted by molar-refractivity contribution is -0.0391. The Morgan fingerprint density at radius 1 is 0.760 bits per heavy atom. The van der Waals surface area contributed by atoms with Crippen molar-refractivity contribution in [1.29, 1.82) is 0 Å². The molecule has 0 aliphatic carbocycles. The second-order valence-corrected chi connectivity index (χ2v) is 7.99. The monoisotopic (exact) mass is 349 g/mol. The largest absolute Gasteiger partial charge is 0.465 e. The predicted molar refractivity (Wildman–Crippen MR) is 101 cm³/mol. The Hall–Kier alpha value is -2.23. The molecule has 1 atom stereocenters. The lowest BCUT2D eigenvalue weighted by Crippen LogP contribution is -2.14. The fraction of sp³-hybridized carbons (Fsp3) is 0.182. The van der Waals surface area contributed by atoms with E-state index in [0.717, 1.165) is 25.2 Å². The Kier molecular flexibility index (Phi) is 5.05. The van der Waals surface area contributed by atoms with E-state index in [1.807, 2.05) is 6.07 Å². The van der Waals surface area contributed by atoms with Crippen LogP contribution in [0.1, 0.15) is 12.8 Å². The van der Waals surface area contributed by atoms with E-state index in [4.69, 9.17) is 9.47 Å². The van der Waals surface area contributed by atoms with E-state index in [9.17, 15) is 0 Å². The first-order valence-corrected chi connectivity index (χ1v) is 9.85. The predicted octanol–water partition coefficient (Wildman–Crippen LogP) is 5.30. The van der Waals surface area contributed by atoms with Crippen molar-refractivity contribution in [3.8, 4) is 5.75 Å². The molecule has 25 heavy (non-hydrogen) atoms. The quantitative estimate of drug-likeness (QED) is 0.582. The molecule has 3 aromatic rings. The molecule has 0 bridgehead atoms. The minimum atomic E-state index is -0.149. The molecule has 3 aromatic carbocycles. The summed E-state index contributed by atoms with van der Waals surface area (Å²) in [5, 5.41) is 0. The molecule has 1 aliphatic heterocycles. The molecule has 0 radical (unpaired) electrons. The second kappa shape index (κ2) is 7.77. The molecule has 0 amide bonds. The highest BCUT2D eigenvalue weighted by Gasteiger charge is 2.29. The summed E-state index contributed by atoms with van der Waals surface area (Å²) in [7, 11) is -0.149. The summed E-state index contributed by atoms with van der Waals surface area (Å²) in [4.78, 5) is 3.87. The average molecular weight is 349 g/mol. The number of hydrogen-bond acceptors (Lipinski definition) is 2. The van der Waals surface area contributed by atoms with E-state index in [-0.39, 0.29) is 17.2 Å². The lowest BCUT2D eigenvalue weighted by Gasteiger charge is -2.14. The molecule has 0 aromatic heterocycles. The molecule has 0 N–H and O–H groups in total. The molecule has 1 heterocycles. The van der Waals surface area contributed by atoms with Crippen LogP contribution in [0.5, 0.6) is 5.75 Å². The summed E-state index contributed by atoms with van der Waals surface area (Å²) in [6.45, 7) is 0.794. The van der Waals surface area contributed by atoms with Gasteiger partial charge in [0, 0.05) is 12.5 Å². The highest BCUT2D eigenvalue weighted by molar-refractivity contribution is 7.97. The molecule has 1 fully saturated rings. The van der Waals surface area contributed by atoms with Crippen LogP contribution in [-0.4, -0.2) is 12.9 Å². The summed E-state index contributed by atoms with van der Waals surface area (Å²) >= 11 is 0. The standard InChI is InChI=1S/C22H21O2S/c1-3-10-19(11-4-1)25(20-12-5-2-6-13-20)21-14-7-9-18(17-21)24-22-15-8-16-23-22/h1-7,9-14,17,22H,8,15-16H2/q+1. The van der Waals surface area contributed by atoms with Crippen molar-refractivity contribution in [3.63, 3.8) is 0 Å². The number of rotatable bonds is 5. The summed E-state index contributed by atoms with van der Waals surface area (Å²) in [5.74, 6) is 0.883. The minimum absolute atomic E-state index is 0.106. The number of ether oxygens (including phenoxy) is 2. The molecule has 4 rings (SSSR count). The van der Waals surface area contributed by atoms with Crippen molar-refractivity contribution in [2.75, 3.05) is 6.61 Å². The Morgan fingerprint density at radius 2 is 1.40 bits per heavy atom. The molecular weight excluding hydrogens is 328 g/mol. The summed E-state index contributed by atoms with van der Waals surface area (Å²) < 4.78 is 11.6. The molecular formula is C22H21O2S+. The van der Waals surface area contributed by atoms with Gasteiger partial charge in [-0.05, 0) is 42.8 Å². The third kappa shape index (κ3) is 3.89. The second-order valence-electron chi connectivity index (χ2n) is 5.97. The fourth-order valence-corrected chi connectivity index (χ4v) is 5.11. The fourth-order valence-electron chi connectivity index (χ4n) is 2.99. The third-order valence-corrected chi connectivity index (χ3v) is 6.37. The summed E-state index contributed by atoms with van der Waals surface area (Å²) in [6, 6.07) is 29.8. The SMILES string of the molecule is c1ccc([S+](c2ccccc2)c2cccc(OC3CCCO3)c2)cc1. The van der Waals surface area contributed by atoms with Gasteiger partial charge in [-0.3, -0.25) is 0 Å². The summed E-state index contributed by atoms with van der Waals surface area (Å²) in [6.07, 6.45) is 1.93. The lowest BCUT2D eigenvalue weighted by atomic mass is 10.3. The van der Waals surface area contributed by atoms with Crippen molar-refractivity contribution in [3.05, 3.63) is 84.9 Å². The van der Waals surface area contributed by atoms with Crippen molar-refractivity contribution < 1.29 is 9.47 Å². The summed E-state index contributed by atoms with van der Waals surface area (Å²) in [5.41, 5.74) is 0. The van der Waals surface area contributed by atoms with Crippen LogP contribution in [0.4, 0.5) is 0 Å². The molecule has 126 valence electrons. The van der Waals surface area contributed by atoms with E-state index < -0.39 is 0 Å². The Labute approximate surface area is 151 Å². The molecule has 1 unspecified atom stereocenters. The molecule has 2 nitrogen and oxygen atoms in total. The van der Waals surface area contributed by atoms with Crippen molar-refractivity contribution in [1.82, 2.24) is 0 Å². The first-order valence-electron chi connectivity index (χ1n) is 8.63. The van der Waals surface area contributed by atoms with Crippen molar-refractivity contribution >= 4 is 10.9 Å². The number of benzene rings is 3. The first-order chi connectivity index (χ1) is 12.4. The molecule has 1 aliphatic rings. The molecule has 1 saturated heterocycles. The van der Waals surface area contributed by atoms with Crippen LogP contribution in [-0.2, 0) is 15.6 Å². The van der Waals surface area contributed by atoms with Gasteiger partial charge in [0.05, 0.1) is 17.5 Å². The maximum absolute atomic E-state index is 6.02. The van der Waals surface area contributed by atoms with Gasteiger partial charge in [0.2, 0.25) is 0 Å². The minimum Gasteiger partial charge on any atom is -0.465 e. The van der Waals surface area contributed by atoms with Gasteiger partial charge in [-0.1, -0.05) is 42.5 Å². The van der Waals surface area contributed by atoms with Gasteiger partial charge in [0.1, 0.15) is 5.75 Å². The van der Waals surface area contributed by atoms with Crippen LogP contribution in [0.3, 0.4) is 0 Å². The van der Waals surface area contributed by atoms with Gasteiger partial charge in [-0.25, -0.2) is 0 Å². The normalized spacial score (nSPS) is 16.9. The van der Waals surface area contributed by atoms with Crippen LogP contribution in [0, 0.1) is 0 Å². The third-order valence-electron chi connectivity index (χ3n) is 4.15. The van der Waals surface area contributed by atoms with Crippen LogP contribution in [0.15, 0.2) is 99.6 Å². The zero-order chi connectivity index (χ0) is 16.9. The van der Waals surface area contributed by atoms with Gasteiger partial charge in [-0.2, -0.15) is 0 Å². The first kappa shape index (κ1) is 16.2. The van der Waals surface area contributed by atoms with Gasteiger partial charge in [0.25, 0.3) is 0 Å². The van der Waals surface area contributed by atoms with E-state index >= 15 is 0 Å². The average Bonchev–Trinajstić information content (AvgIpc) is 3.17. The van der Waals surface area contributed by atoms with Crippen LogP contribution >= 0.6 is 0 Å². The zero-order valence-corrected chi connectivity index (χ0v) is 14.8. The smallest absolute Gasteiger partial charge is 0.199 e. The topological polar surface area (TPSA) is 18.5 Å². The Balaban J connectivity index is 1.70. The van der Waals surface area contributed by atoms with Crippen molar-refractivity contribution in [2.24, 2.45) is 0 Å². The van der Waals surface area contributed by atoms with Gasteiger partial charge in [-0.15, -0.1) is 0 Å².